The van der Waals surface area contributed by atoms with Crippen LogP contribution in [0.2, 0.25) is 9.36 Å². The normalized spacial score (nSPS) is 14.5. The molecule has 1 aromatic heterocycles. The minimum Gasteiger partial charge on any atom is -0.384 e. The van der Waals surface area contributed by atoms with Gasteiger partial charge in [0.25, 0.3) is 5.91 Å². The number of fused-ring (bicyclic) bond motifs is 2. The number of halogens is 2. The zero-order valence-electron chi connectivity index (χ0n) is 16.9. The topological polar surface area (TPSA) is 90.5 Å². The van der Waals surface area contributed by atoms with Crippen LogP contribution in [0, 0.1) is 0 Å². The predicted octanol–water partition coefficient (Wildman–Crippen LogP) is 5.58. The fraction of sp³-hybridized carbons (Fsp3) is 0.136. The fourth-order valence-electron chi connectivity index (χ4n) is 3.83. The van der Waals surface area contributed by atoms with Gasteiger partial charge in [-0.15, -0.1) is 11.3 Å². The van der Waals surface area contributed by atoms with E-state index >= 15 is 0 Å². The van der Waals surface area contributed by atoms with Gasteiger partial charge in [-0.25, -0.2) is 9.69 Å². The maximum absolute atomic E-state index is 13.2. The molecule has 7 nitrogen and oxygen atoms in total. The van der Waals surface area contributed by atoms with Crippen molar-refractivity contribution >= 4 is 81.4 Å². The van der Waals surface area contributed by atoms with Crippen molar-refractivity contribution in [2.45, 2.75) is 17.1 Å². The van der Waals surface area contributed by atoms with Gasteiger partial charge in [0.05, 0.1) is 25.7 Å². The molecule has 4 amide bonds. The van der Waals surface area contributed by atoms with Gasteiger partial charge in [0, 0.05) is 23.5 Å². The number of imide groups is 1. The third-order valence-corrected chi connectivity index (χ3v) is 7.76. The molecule has 168 valence electrons. The van der Waals surface area contributed by atoms with Gasteiger partial charge in [0.2, 0.25) is 5.91 Å². The Kier molecular flexibility index (Phi) is 5.96. The first kappa shape index (κ1) is 22.1. The van der Waals surface area contributed by atoms with Crippen LogP contribution in [0.5, 0.6) is 0 Å². The standard InChI is InChI=1S/C22H16Cl2N4O3S2/c23-15-10-13(26-22(31)27-33-20-4-3-18(24)32-20)1-2-17(15)28-19(29)9-12-8-16-11(5-6-25-16)7-14(12)21(28)30/h1-4,7-8,10,25H,5-6,9H2,(H2,26,27,31). The Labute approximate surface area is 207 Å². The summed E-state index contributed by atoms with van der Waals surface area (Å²) in [6, 6.07) is 11.5. The summed E-state index contributed by atoms with van der Waals surface area (Å²) < 4.78 is 4.13. The molecule has 33 heavy (non-hydrogen) atoms. The number of nitrogens with zero attached hydrogens (tertiary/aromatic N) is 1. The molecule has 2 aliphatic heterocycles. The Morgan fingerprint density at radius 2 is 1.94 bits per heavy atom. The van der Waals surface area contributed by atoms with Gasteiger partial charge in [-0.05, 0) is 72.0 Å². The van der Waals surface area contributed by atoms with E-state index in [1.54, 1.807) is 24.3 Å². The zero-order valence-corrected chi connectivity index (χ0v) is 20.1. The van der Waals surface area contributed by atoms with Gasteiger partial charge < -0.3 is 10.6 Å². The lowest BCUT2D eigenvalue weighted by molar-refractivity contribution is -0.117. The molecule has 0 saturated heterocycles. The van der Waals surface area contributed by atoms with E-state index in [2.05, 4.69) is 15.4 Å². The molecule has 0 radical (unpaired) electrons. The molecule has 0 spiro atoms. The maximum Gasteiger partial charge on any atom is 0.329 e. The molecule has 3 heterocycles. The predicted molar refractivity (Wildman–Crippen MR) is 133 cm³/mol. The minimum absolute atomic E-state index is 0.110. The molecule has 2 aromatic carbocycles. The van der Waals surface area contributed by atoms with Crippen molar-refractivity contribution in [3.63, 3.8) is 0 Å². The van der Waals surface area contributed by atoms with E-state index in [-0.39, 0.29) is 23.0 Å². The second-order valence-corrected chi connectivity index (χ2v) is 10.7. The second-order valence-electron chi connectivity index (χ2n) is 7.44. The van der Waals surface area contributed by atoms with E-state index in [9.17, 15) is 14.4 Å². The molecule has 0 atom stereocenters. The summed E-state index contributed by atoms with van der Waals surface area (Å²) in [5, 5.41) is 6.13. The Morgan fingerprint density at radius 3 is 2.70 bits per heavy atom. The third kappa shape index (κ3) is 4.41. The van der Waals surface area contributed by atoms with Crippen LogP contribution < -0.4 is 20.3 Å². The van der Waals surface area contributed by atoms with E-state index in [0.29, 0.717) is 21.2 Å². The zero-order chi connectivity index (χ0) is 23.1. The molecule has 0 fully saturated rings. The van der Waals surface area contributed by atoms with Crippen molar-refractivity contribution < 1.29 is 14.4 Å². The number of thiophene rings is 1. The van der Waals surface area contributed by atoms with E-state index in [0.717, 1.165) is 45.3 Å². The highest BCUT2D eigenvalue weighted by Crippen LogP contribution is 2.36. The van der Waals surface area contributed by atoms with Crippen molar-refractivity contribution in [3.8, 4) is 0 Å². The quantitative estimate of drug-likeness (QED) is 0.309. The third-order valence-electron chi connectivity index (χ3n) is 5.30. The number of hydrogen-bond acceptors (Lipinski definition) is 6. The first-order valence-corrected chi connectivity index (χ1v) is 12.3. The summed E-state index contributed by atoms with van der Waals surface area (Å²) in [6.07, 6.45) is 0.948. The Bertz CT molecular complexity index is 1310. The van der Waals surface area contributed by atoms with Crippen LogP contribution in [0.1, 0.15) is 21.5 Å². The number of carbonyl (C=O) groups excluding carboxylic acids is 3. The average Bonchev–Trinajstić information content (AvgIpc) is 3.40. The lowest BCUT2D eigenvalue weighted by Gasteiger charge is -2.28. The Balaban J connectivity index is 1.32. The highest BCUT2D eigenvalue weighted by Gasteiger charge is 2.34. The number of urea groups is 1. The largest absolute Gasteiger partial charge is 0.384 e. The van der Waals surface area contributed by atoms with Crippen LogP contribution in [0.3, 0.4) is 0 Å². The lowest BCUT2D eigenvalue weighted by atomic mass is 9.94. The van der Waals surface area contributed by atoms with Crippen LogP contribution in [0.4, 0.5) is 21.9 Å². The van der Waals surface area contributed by atoms with Crippen molar-refractivity contribution in [2.75, 3.05) is 22.1 Å². The second kappa shape index (κ2) is 8.90. The van der Waals surface area contributed by atoms with Crippen molar-refractivity contribution in [1.82, 2.24) is 4.72 Å². The van der Waals surface area contributed by atoms with Gasteiger partial charge >= 0.3 is 6.03 Å². The van der Waals surface area contributed by atoms with Gasteiger partial charge in [0.1, 0.15) is 0 Å². The number of nitrogens with one attached hydrogen (secondary N) is 3. The lowest BCUT2D eigenvalue weighted by Crippen LogP contribution is -2.42. The summed E-state index contributed by atoms with van der Waals surface area (Å²) in [6.45, 7) is 0.817. The molecule has 0 saturated carbocycles. The summed E-state index contributed by atoms with van der Waals surface area (Å²) >= 11 is 14.8. The minimum atomic E-state index is -0.449. The summed E-state index contributed by atoms with van der Waals surface area (Å²) in [5.74, 6) is -0.751. The van der Waals surface area contributed by atoms with E-state index in [4.69, 9.17) is 23.2 Å². The highest BCUT2D eigenvalue weighted by atomic mass is 35.5. The molecule has 2 aliphatic rings. The van der Waals surface area contributed by atoms with Crippen molar-refractivity contribution in [3.05, 3.63) is 68.5 Å². The van der Waals surface area contributed by atoms with Gasteiger partial charge in [0.15, 0.2) is 0 Å². The highest BCUT2D eigenvalue weighted by molar-refractivity contribution is 7.99. The molecule has 3 aromatic rings. The van der Waals surface area contributed by atoms with E-state index < -0.39 is 11.9 Å². The van der Waals surface area contributed by atoms with Crippen LogP contribution in [0.25, 0.3) is 0 Å². The molecule has 3 N–H and O–H groups in total. The van der Waals surface area contributed by atoms with Crippen molar-refractivity contribution in [1.29, 1.82) is 0 Å². The number of carbonyl (C=O) groups is 3. The number of rotatable bonds is 4. The smallest absolute Gasteiger partial charge is 0.329 e. The maximum atomic E-state index is 13.2. The molecule has 0 bridgehead atoms. The van der Waals surface area contributed by atoms with Crippen LogP contribution >= 0.6 is 46.5 Å². The van der Waals surface area contributed by atoms with Gasteiger partial charge in [-0.1, -0.05) is 23.2 Å². The monoisotopic (exact) mass is 518 g/mol. The van der Waals surface area contributed by atoms with Crippen LogP contribution in [-0.2, 0) is 17.6 Å². The first-order valence-electron chi connectivity index (χ1n) is 9.95. The molecule has 5 rings (SSSR count). The molecule has 11 heteroatoms. The van der Waals surface area contributed by atoms with Gasteiger partial charge in [-0.3, -0.25) is 14.3 Å². The summed E-state index contributed by atoms with van der Waals surface area (Å²) in [4.78, 5) is 39.3. The average molecular weight is 519 g/mol. The molecule has 0 aliphatic carbocycles. The van der Waals surface area contributed by atoms with Crippen LogP contribution in [-0.4, -0.2) is 24.4 Å². The van der Waals surface area contributed by atoms with Crippen LogP contribution in [0.15, 0.2) is 46.7 Å². The number of amides is 4. The number of anilines is 3. The SMILES string of the molecule is O=C(NSc1ccc(Cl)s1)Nc1ccc(N2C(=O)Cc3cc4c(cc3C2=O)CCN4)c(Cl)c1. The summed E-state index contributed by atoms with van der Waals surface area (Å²) in [5.41, 5.74) is 3.98. The van der Waals surface area contributed by atoms with E-state index in [1.807, 2.05) is 12.1 Å². The molecular formula is C22H16Cl2N4O3S2. The summed E-state index contributed by atoms with van der Waals surface area (Å²) in [7, 11) is 0. The Morgan fingerprint density at radius 1 is 1.09 bits per heavy atom. The van der Waals surface area contributed by atoms with Gasteiger partial charge in [-0.2, -0.15) is 0 Å². The van der Waals surface area contributed by atoms with E-state index in [1.165, 1.54) is 17.4 Å². The van der Waals surface area contributed by atoms with Crippen molar-refractivity contribution in [2.24, 2.45) is 0 Å². The molecule has 0 unspecified atom stereocenters. The number of benzene rings is 2. The Hall–Kier alpha value is -2.72. The first-order chi connectivity index (χ1) is 15.9. The molecular weight excluding hydrogens is 503 g/mol. The fourth-order valence-corrected chi connectivity index (χ4v) is 5.95. The number of hydrogen-bond donors (Lipinski definition) is 3.